The molecule has 3 heteroatoms. The summed E-state index contributed by atoms with van der Waals surface area (Å²) in [7, 11) is 0. The van der Waals surface area contributed by atoms with Gasteiger partial charge in [-0.05, 0) is 49.3 Å². The van der Waals surface area contributed by atoms with E-state index in [-0.39, 0.29) is 5.91 Å². The lowest BCUT2D eigenvalue weighted by atomic mass is 9.96. The molecule has 3 fully saturated rings. The molecule has 0 N–H and O–H groups in total. The Labute approximate surface area is 210 Å². The van der Waals surface area contributed by atoms with Crippen molar-refractivity contribution in [3.8, 4) is 0 Å². The Morgan fingerprint density at radius 1 is 0.765 bits per heavy atom. The number of nitrogens with zero attached hydrogens (tertiary/aromatic N) is 2. The molecule has 1 saturated heterocycles. The first kappa shape index (κ1) is 26.8. The van der Waals surface area contributed by atoms with Crippen LogP contribution in [0.2, 0.25) is 0 Å². The molecule has 0 unspecified atom stereocenters. The molecule has 0 spiro atoms. The fraction of sp³-hybridized carbons (Fsp3) is 0.710. The van der Waals surface area contributed by atoms with E-state index in [1.165, 1.54) is 108 Å². The highest BCUT2D eigenvalue weighted by molar-refractivity contribution is 5.94. The van der Waals surface area contributed by atoms with E-state index < -0.39 is 0 Å². The molecule has 3 nitrogen and oxygen atoms in total. The molecule has 0 bridgehead atoms. The van der Waals surface area contributed by atoms with E-state index in [1.807, 2.05) is 17.0 Å². The molecule has 1 aromatic rings. The molecule has 2 saturated carbocycles. The van der Waals surface area contributed by atoms with Gasteiger partial charge in [-0.15, -0.1) is 0 Å². The Morgan fingerprint density at radius 2 is 1.26 bits per heavy atom. The fourth-order valence-corrected chi connectivity index (χ4v) is 5.70. The highest BCUT2D eigenvalue weighted by Gasteiger charge is 2.26. The first-order valence-electron chi connectivity index (χ1n) is 14.5. The van der Waals surface area contributed by atoms with E-state index in [9.17, 15) is 4.79 Å². The Kier molecular flexibility index (Phi) is 12.1. The normalized spacial score (nSPS) is 19.7. The van der Waals surface area contributed by atoms with Crippen molar-refractivity contribution < 1.29 is 4.79 Å². The number of piperazine rings is 1. The summed E-state index contributed by atoms with van der Waals surface area (Å²) in [5.41, 5.74) is 3.50. The molecule has 1 aromatic carbocycles. The second-order valence-electron chi connectivity index (χ2n) is 10.7. The van der Waals surface area contributed by atoms with Gasteiger partial charge in [-0.25, -0.2) is 0 Å². The van der Waals surface area contributed by atoms with E-state index in [1.54, 1.807) is 0 Å². The number of hydrogen-bond donors (Lipinski definition) is 0. The molecule has 0 aromatic heterocycles. The molecule has 0 radical (unpaired) electrons. The first-order valence-corrected chi connectivity index (χ1v) is 14.5. The lowest BCUT2D eigenvalue weighted by molar-refractivity contribution is 0.0659. The van der Waals surface area contributed by atoms with E-state index in [0.717, 1.165) is 38.2 Å². The summed E-state index contributed by atoms with van der Waals surface area (Å²) >= 11 is 0. The van der Waals surface area contributed by atoms with Crippen molar-refractivity contribution in [3.05, 3.63) is 47.7 Å². The van der Waals surface area contributed by atoms with Crippen molar-refractivity contribution in [2.45, 2.75) is 110 Å². The highest BCUT2D eigenvalue weighted by Crippen LogP contribution is 2.30. The Balaban J connectivity index is 0.000000469. The van der Waals surface area contributed by atoms with Gasteiger partial charge in [-0.3, -0.25) is 4.79 Å². The fourth-order valence-electron chi connectivity index (χ4n) is 5.70. The zero-order chi connectivity index (χ0) is 24.0. The number of carbonyl (C=O) groups excluding carboxylic acids is 1. The van der Waals surface area contributed by atoms with Gasteiger partial charge in [-0.1, -0.05) is 103 Å². The number of aryl methyl sites for hydroxylation is 1. The van der Waals surface area contributed by atoms with Gasteiger partial charge >= 0.3 is 0 Å². The van der Waals surface area contributed by atoms with Gasteiger partial charge in [-0.2, -0.15) is 0 Å². The van der Waals surface area contributed by atoms with Crippen molar-refractivity contribution in [2.75, 3.05) is 26.2 Å². The average molecular weight is 467 g/mol. The summed E-state index contributed by atoms with van der Waals surface area (Å²) in [5, 5.41) is 0. The number of rotatable bonds is 7. The summed E-state index contributed by atoms with van der Waals surface area (Å²) in [6, 6.07) is 8.29. The SMILES string of the molecule is C1CCCCC1.C=C(C1CCCCCC1)N1CCN(C(=O)c2ccc(CCCCC)cc2)CC1. The first-order chi connectivity index (χ1) is 16.7. The van der Waals surface area contributed by atoms with Gasteiger partial charge in [0.1, 0.15) is 0 Å². The van der Waals surface area contributed by atoms with Crippen LogP contribution < -0.4 is 0 Å². The molecule has 3 aliphatic rings. The predicted molar refractivity (Wildman–Crippen MR) is 145 cm³/mol. The average Bonchev–Trinajstić information content (AvgIpc) is 3.20. The molecule has 34 heavy (non-hydrogen) atoms. The maximum absolute atomic E-state index is 12.9. The Bertz CT molecular complexity index is 694. The number of amides is 1. The lowest BCUT2D eigenvalue weighted by Gasteiger charge is -2.39. The third-order valence-corrected chi connectivity index (χ3v) is 8.07. The lowest BCUT2D eigenvalue weighted by Crippen LogP contribution is -2.48. The molecular weight excluding hydrogens is 416 g/mol. The summed E-state index contributed by atoms with van der Waals surface area (Å²) in [6.45, 7) is 10.1. The molecule has 1 aliphatic heterocycles. The van der Waals surface area contributed by atoms with Gasteiger partial charge in [0.25, 0.3) is 5.91 Å². The topological polar surface area (TPSA) is 23.6 Å². The van der Waals surface area contributed by atoms with Crippen LogP contribution in [0.5, 0.6) is 0 Å². The summed E-state index contributed by atoms with van der Waals surface area (Å²) in [6.07, 6.45) is 21.9. The predicted octanol–water partition coefficient (Wildman–Crippen LogP) is 8.00. The van der Waals surface area contributed by atoms with Gasteiger partial charge in [0.05, 0.1) is 0 Å². The van der Waals surface area contributed by atoms with Crippen LogP contribution in [0.3, 0.4) is 0 Å². The number of hydrogen-bond acceptors (Lipinski definition) is 2. The molecule has 1 heterocycles. The van der Waals surface area contributed by atoms with Crippen molar-refractivity contribution >= 4 is 5.91 Å². The van der Waals surface area contributed by atoms with E-state index in [2.05, 4.69) is 30.5 Å². The minimum absolute atomic E-state index is 0.180. The molecule has 190 valence electrons. The van der Waals surface area contributed by atoms with Crippen molar-refractivity contribution in [3.63, 3.8) is 0 Å². The number of unbranched alkanes of at least 4 members (excludes halogenated alkanes) is 2. The van der Waals surface area contributed by atoms with Crippen molar-refractivity contribution in [1.82, 2.24) is 9.80 Å². The zero-order valence-corrected chi connectivity index (χ0v) is 22.0. The quantitative estimate of drug-likeness (QED) is 0.300. The van der Waals surface area contributed by atoms with E-state index >= 15 is 0 Å². The van der Waals surface area contributed by atoms with Crippen LogP contribution in [0.25, 0.3) is 0 Å². The molecule has 2 aliphatic carbocycles. The van der Waals surface area contributed by atoms with E-state index in [0.29, 0.717) is 5.92 Å². The Hall–Kier alpha value is -1.77. The van der Waals surface area contributed by atoms with Crippen LogP contribution in [0.4, 0.5) is 0 Å². The minimum atomic E-state index is 0.180. The second kappa shape index (κ2) is 15.3. The molecule has 0 atom stereocenters. The highest BCUT2D eigenvalue weighted by atomic mass is 16.2. The maximum atomic E-state index is 12.9. The molecule has 4 rings (SSSR count). The van der Waals surface area contributed by atoms with Gasteiger partial charge in [0.2, 0.25) is 0 Å². The number of benzene rings is 1. The van der Waals surface area contributed by atoms with Crippen LogP contribution in [-0.2, 0) is 6.42 Å². The smallest absolute Gasteiger partial charge is 0.253 e. The van der Waals surface area contributed by atoms with Gasteiger partial charge < -0.3 is 9.80 Å². The van der Waals surface area contributed by atoms with Crippen molar-refractivity contribution in [2.24, 2.45) is 5.92 Å². The van der Waals surface area contributed by atoms with Crippen LogP contribution in [0, 0.1) is 5.92 Å². The van der Waals surface area contributed by atoms with Crippen LogP contribution in [0.1, 0.15) is 119 Å². The third-order valence-electron chi connectivity index (χ3n) is 8.07. The molecular formula is C31H50N2O. The summed E-state index contributed by atoms with van der Waals surface area (Å²) in [4.78, 5) is 17.3. The number of allylic oxidation sites excluding steroid dienone is 1. The maximum Gasteiger partial charge on any atom is 0.253 e. The van der Waals surface area contributed by atoms with Crippen LogP contribution >= 0.6 is 0 Å². The van der Waals surface area contributed by atoms with Gasteiger partial charge in [0.15, 0.2) is 0 Å². The minimum Gasteiger partial charge on any atom is -0.372 e. The third kappa shape index (κ3) is 8.78. The van der Waals surface area contributed by atoms with Gasteiger partial charge in [0, 0.05) is 37.4 Å². The summed E-state index contributed by atoms with van der Waals surface area (Å²) in [5.74, 6) is 0.838. The second-order valence-corrected chi connectivity index (χ2v) is 10.7. The zero-order valence-electron chi connectivity index (χ0n) is 22.0. The van der Waals surface area contributed by atoms with Crippen LogP contribution in [0.15, 0.2) is 36.5 Å². The largest absolute Gasteiger partial charge is 0.372 e. The standard InChI is InChI=1S/C25H38N2O.C6H12/c1-3-4-7-10-22-13-15-24(16-14-22)25(28)27-19-17-26(18-20-27)21(2)23-11-8-5-6-9-12-23;1-2-4-6-5-3-1/h13-16,23H,2-12,17-20H2,1H3;1-6H2. The number of carbonyl (C=O) groups is 1. The van der Waals surface area contributed by atoms with Crippen LogP contribution in [-0.4, -0.2) is 41.9 Å². The monoisotopic (exact) mass is 466 g/mol. The van der Waals surface area contributed by atoms with Crippen molar-refractivity contribution in [1.29, 1.82) is 0 Å². The molecule has 1 amide bonds. The van der Waals surface area contributed by atoms with E-state index in [4.69, 9.17) is 0 Å². The Morgan fingerprint density at radius 3 is 1.79 bits per heavy atom. The summed E-state index contributed by atoms with van der Waals surface area (Å²) < 4.78 is 0.